The number of hydrogen-bond acceptors (Lipinski definition) is 5. The lowest BCUT2D eigenvalue weighted by molar-refractivity contribution is -0.151. The van der Waals surface area contributed by atoms with Gasteiger partial charge in [-0.1, -0.05) is 54.6 Å². The highest BCUT2D eigenvalue weighted by atomic mass is 16.5. The molecule has 2 aromatic rings. The van der Waals surface area contributed by atoms with Gasteiger partial charge < -0.3 is 15.2 Å². The lowest BCUT2D eigenvalue weighted by Crippen LogP contribution is -2.55. The number of carbonyl (C=O) groups is 4. The lowest BCUT2D eigenvalue weighted by Gasteiger charge is -2.25. The van der Waals surface area contributed by atoms with Crippen LogP contribution in [0.5, 0.6) is 0 Å². The summed E-state index contributed by atoms with van der Waals surface area (Å²) in [6, 6.07) is 13.3. The minimum absolute atomic E-state index is 0.0295. The van der Waals surface area contributed by atoms with Gasteiger partial charge in [-0.05, 0) is 28.7 Å². The van der Waals surface area contributed by atoms with E-state index < -0.39 is 36.0 Å². The Balaban J connectivity index is 1.44. The minimum Gasteiger partial charge on any atom is -0.480 e. The van der Waals surface area contributed by atoms with E-state index >= 15 is 0 Å². The maximum Gasteiger partial charge on any atom is 0.407 e. The van der Waals surface area contributed by atoms with E-state index in [1.54, 1.807) is 0 Å². The highest BCUT2D eigenvalue weighted by Gasteiger charge is 2.41. The smallest absolute Gasteiger partial charge is 0.407 e. The summed E-state index contributed by atoms with van der Waals surface area (Å²) < 4.78 is 5.47. The molecule has 1 aliphatic heterocycles. The Morgan fingerprint density at radius 2 is 1.76 bits per heavy atom. The van der Waals surface area contributed by atoms with Crippen molar-refractivity contribution < 1.29 is 29.0 Å². The van der Waals surface area contributed by atoms with Gasteiger partial charge in [0.1, 0.15) is 12.6 Å². The minimum atomic E-state index is -1.35. The average molecular weight is 449 g/mol. The second-order valence-corrected chi connectivity index (χ2v) is 7.85. The molecule has 9 nitrogen and oxygen atoms in total. The van der Waals surface area contributed by atoms with E-state index in [1.807, 2.05) is 48.5 Å². The first kappa shape index (κ1) is 22.1. The number of rotatable bonds is 7. The van der Waals surface area contributed by atoms with Gasteiger partial charge in [-0.2, -0.15) is 0 Å². The standard InChI is InChI=1S/C24H23N3O6/c1-2-7-19(22(29)27-20(23(30)31)12-21(28)26-27)25-24(32)33-13-18-16-10-5-3-8-14(16)15-9-4-6-11-17(15)18/h2-6,8-11,18-20H,1,7,12-13H2,(H,25,32)(H,26,28)(H,30,31). The van der Waals surface area contributed by atoms with E-state index in [0.717, 1.165) is 27.3 Å². The molecule has 2 aromatic carbocycles. The van der Waals surface area contributed by atoms with E-state index in [-0.39, 0.29) is 25.4 Å². The molecule has 3 amide bonds. The molecule has 9 heteroatoms. The molecule has 4 rings (SSSR count). The van der Waals surface area contributed by atoms with Crippen molar-refractivity contribution in [2.45, 2.75) is 30.8 Å². The summed E-state index contributed by atoms with van der Waals surface area (Å²) in [6.07, 6.45) is 0.267. The monoisotopic (exact) mass is 449 g/mol. The summed E-state index contributed by atoms with van der Waals surface area (Å²) >= 11 is 0. The summed E-state index contributed by atoms with van der Waals surface area (Å²) in [4.78, 5) is 48.4. The Hall–Kier alpha value is -4.14. The number of ether oxygens (including phenoxy) is 1. The van der Waals surface area contributed by atoms with Crippen molar-refractivity contribution >= 4 is 23.9 Å². The Labute approximate surface area is 190 Å². The quantitative estimate of drug-likeness (QED) is 0.557. The number of carboxylic acids is 1. The van der Waals surface area contributed by atoms with Gasteiger partial charge in [0.25, 0.3) is 5.91 Å². The molecule has 2 unspecified atom stereocenters. The fourth-order valence-electron chi connectivity index (χ4n) is 4.27. The molecule has 3 N–H and O–H groups in total. The van der Waals surface area contributed by atoms with Gasteiger partial charge in [0, 0.05) is 5.92 Å². The van der Waals surface area contributed by atoms with Crippen molar-refractivity contribution in [2.75, 3.05) is 6.61 Å². The van der Waals surface area contributed by atoms with E-state index in [0.29, 0.717) is 0 Å². The molecule has 1 aliphatic carbocycles. The number of carbonyl (C=O) groups excluding carboxylic acids is 3. The highest BCUT2D eigenvalue weighted by Crippen LogP contribution is 2.44. The van der Waals surface area contributed by atoms with Crippen LogP contribution in [-0.2, 0) is 19.1 Å². The van der Waals surface area contributed by atoms with Crippen molar-refractivity contribution in [1.29, 1.82) is 0 Å². The summed E-state index contributed by atoms with van der Waals surface area (Å²) in [5.74, 6) is -2.82. The number of alkyl carbamates (subject to hydrolysis) is 1. The lowest BCUT2D eigenvalue weighted by atomic mass is 9.98. The predicted molar refractivity (Wildman–Crippen MR) is 118 cm³/mol. The second-order valence-electron chi connectivity index (χ2n) is 7.85. The average Bonchev–Trinajstić information content (AvgIpc) is 3.35. The fraction of sp³-hybridized carbons (Fsp3) is 0.250. The second kappa shape index (κ2) is 9.15. The Kier molecular flexibility index (Phi) is 6.12. The van der Waals surface area contributed by atoms with E-state index in [4.69, 9.17) is 4.74 Å². The first-order valence-electron chi connectivity index (χ1n) is 10.5. The number of benzene rings is 2. The number of fused-ring (bicyclic) bond motifs is 3. The molecular weight excluding hydrogens is 426 g/mol. The van der Waals surface area contributed by atoms with Crippen molar-refractivity contribution in [3.05, 3.63) is 72.3 Å². The third-order valence-corrected chi connectivity index (χ3v) is 5.79. The molecule has 0 aromatic heterocycles. The third kappa shape index (κ3) is 4.30. The number of nitrogens with one attached hydrogen (secondary N) is 2. The summed E-state index contributed by atoms with van der Waals surface area (Å²) in [5.41, 5.74) is 6.51. The van der Waals surface area contributed by atoms with Crippen LogP contribution in [0.25, 0.3) is 11.1 Å². The van der Waals surface area contributed by atoms with Crippen molar-refractivity contribution in [2.24, 2.45) is 0 Å². The van der Waals surface area contributed by atoms with Crippen LogP contribution < -0.4 is 10.7 Å². The number of nitrogens with zero attached hydrogens (tertiary/aromatic N) is 1. The molecule has 1 heterocycles. The van der Waals surface area contributed by atoms with E-state index in [1.165, 1.54) is 6.08 Å². The van der Waals surface area contributed by atoms with Crippen molar-refractivity contribution in [3.8, 4) is 11.1 Å². The summed E-state index contributed by atoms with van der Waals surface area (Å²) in [5, 5.41) is 12.5. The van der Waals surface area contributed by atoms with Gasteiger partial charge >= 0.3 is 12.1 Å². The molecule has 1 fully saturated rings. The molecule has 33 heavy (non-hydrogen) atoms. The fourth-order valence-corrected chi connectivity index (χ4v) is 4.27. The Bertz CT molecular complexity index is 1090. The molecule has 0 radical (unpaired) electrons. The zero-order valence-electron chi connectivity index (χ0n) is 17.7. The highest BCUT2D eigenvalue weighted by molar-refractivity contribution is 5.96. The van der Waals surface area contributed by atoms with Crippen LogP contribution in [-0.4, -0.2) is 52.7 Å². The van der Waals surface area contributed by atoms with Crippen LogP contribution in [0.4, 0.5) is 4.79 Å². The number of amides is 3. The first-order valence-corrected chi connectivity index (χ1v) is 10.5. The molecule has 0 saturated carbocycles. The molecular formula is C24H23N3O6. The molecule has 1 saturated heterocycles. The van der Waals surface area contributed by atoms with Gasteiger partial charge in [-0.15, -0.1) is 6.58 Å². The maximum absolute atomic E-state index is 12.8. The largest absolute Gasteiger partial charge is 0.480 e. The van der Waals surface area contributed by atoms with Crippen LogP contribution in [0.15, 0.2) is 61.2 Å². The molecule has 170 valence electrons. The van der Waals surface area contributed by atoms with Gasteiger partial charge in [-0.3, -0.25) is 15.0 Å². The molecule has 0 bridgehead atoms. The topological polar surface area (TPSA) is 125 Å². The SMILES string of the molecule is C=CCC(NC(=O)OCC1c2ccccc2-c2ccccc21)C(=O)N1NC(=O)CC1C(=O)O. The van der Waals surface area contributed by atoms with Crippen LogP contribution in [0, 0.1) is 0 Å². The van der Waals surface area contributed by atoms with E-state index in [2.05, 4.69) is 17.3 Å². The molecule has 2 aliphatic rings. The normalized spacial score (nSPS) is 17.5. The van der Waals surface area contributed by atoms with Crippen molar-refractivity contribution in [3.63, 3.8) is 0 Å². The van der Waals surface area contributed by atoms with Gasteiger partial charge in [0.2, 0.25) is 5.91 Å². The summed E-state index contributed by atoms with van der Waals surface area (Å²) in [6.45, 7) is 3.64. The van der Waals surface area contributed by atoms with Crippen LogP contribution in [0.3, 0.4) is 0 Å². The number of hydrogen-bond donors (Lipinski definition) is 3. The predicted octanol–water partition coefficient (Wildman–Crippen LogP) is 2.19. The third-order valence-electron chi connectivity index (χ3n) is 5.79. The zero-order chi connectivity index (χ0) is 23.5. The van der Waals surface area contributed by atoms with Crippen LogP contribution in [0.2, 0.25) is 0 Å². The number of carboxylic acid groups (broad SMARTS) is 1. The van der Waals surface area contributed by atoms with E-state index in [9.17, 15) is 24.3 Å². The van der Waals surface area contributed by atoms with Crippen LogP contribution >= 0.6 is 0 Å². The molecule has 2 atom stereocenters. The van der Waals surface area contributed by atoms with Gasteiger partial charge in [0.05, 0.1) is 6.42 Å². The van der Waals surface area contributed by atoms with Gasteiger partial charge in [-0.25, -0.2) is 14.6 Å². The maximum atomic E-state index is 12.8. The first-order chi connectivity index (χ1) is 15.9. The number of hydrazine groups is 1. The Morgan fingerprint density at radius 1 is 1.15 bits per heavy atom. The number of aliphatic carboxylic acids is 1. The van der Waals surface area contributed by atoms with Crippen molar-refractivity contribution in [1.82, 2.24) is 15.8 Å². The van der Waals surface area contributed by atoms with Gasteiger partial charge in [0.15, 0.2) is 6.04 Å². The Morgan fingerprint density at radius 3 is 2.33 bits per heavy atom. The van der Waals surface area contributed by atoms with Crippen LogP contribution in [0.1, 0.15) is 29.9 Å². The summed E-state index contributed by atoms with van der Waals surface area (Å²) in [7, 11) is 0. The molecule has 0 spiro atoms. The zero-order valence-corrected chi connectivity index (χ0v) is 17.7.